The predicted octanol–water partition coefficient (Wildman–Crippen LogP) is 2.23. The van der Waals surface area contributed by atoms with Gasteiger partial charge >= 0.3 is 11.9 Å². The van der Waals surface area contributed by atoms with Crippen LogP contribution in [0.4, 0.5) is 0 Å². The summed E-state index contributed by atoms with van der Waals surface area (Å²) in [6, 6.07) is 8.24. The molecule has 1 heterocycles. The van der Waals surface area contributed by atoms with Crippen molar-refractivity contribution in [2.24, 2.45) is 0 Å². The average Bonchev–Trinajstić information content (AvgIpc) is 2.46. The standard InChI is InChI=1S/C14H11NO4/c1-19-14(18)10-4-2-3-9(5-10)11-6-12(13(16)17)8-15-7-11/h2-8H,1H3,(H,16,17). The van der Waals surface area contributed by atoms with E-state index in [1.807, 2.05) is 0 Å². The molecule has 0 spiro atoms. The van der Waals surface area contributed by atoms with Crippen molar-refractivity contribution >= 4 is 11.9 Å². The molecule has 1 aromatic heterocycles. The van der Waals surface area contributed by atoms with Crippen molar-refractivity contribution in [1.82, 2.24) is 4.98 Å². The molecule has 0 aliphatic carbocycles. The van der Waals surface area contributed by atoms with Crippen LogP contribution in [0.15, 0.2) is 42.7 Å². The Morgan fingerprint density at radius 1 is 1.11 bits per heavy atom. The molecule has 0 saturated heterocycles. The van der Waals surface area contributed by atoms with Crippen molar-refractivity contribution in [3.63, 3.8) is 0 Å². The molecule has 0 unspecified atom stereocenters. The lowest BCUT2D eigenvalue weighted by molar-refractivity contribution is 0.0600. The Hall–Kier alpha value is -2.69. The van der Waals surface area contributed by atoms with Crippen molar-refractivity contribution in [2.45, 2.75) is 0 Å². The molecule has 19 heavy (non-hydrogen) atoms. The fourth-order valence-electron chi connectivity index (χ4n) is 1.66. The van der Waals surface area contributed by atoms with Crippen LogP contribution in [-0.4, -0.2) is 29.1 Å². The van der Waals surface area contributed by atoms with E-state index in [1.165, 1.54) is 19.4 Å². The Morgan fingerprint density at radius 2 is 1.84 bits per heavy atom. The van der Waals surface area contributed by atoms with E-state index in [1.54, 1.807) is 30.5 Å². The molecule has 5 nitrogen and oxygen atoms in total. The molecule has 1 aromatic carbocycles. The molecule has 0 fully saturated rings. The maximum atomic E-state index is 11.4. The van der Waals surface area contributed by atoms with E-state index in [-0.39, 0.29) is 5.56 Å². The van der Waals surface area contributed by atoms with Crippen LogP contribution in [0.5, 0.6) is 0 Å². The first-order chi connectivity index (χ1) is 9.11. The SMILES string of the molecule is COC(=O)c1cccc(-c2cncc(C(=O)O)c2)c1. The van der Waals surface area contributed by atoms with Crippen LogP contribution in [-0.2, 0) is 4.74 Å². The van der Waals surface area contributed by atoms with Crippen LogP contribution < -0.4 is 0 Å². The number of carbonyl (C=O) groups is 2. The first kappa shape index (κ1) is 12.8. The quantitative estimate of drug-likeness (QED) is 0.853. The van der Waals surface area contributed by atoms with Gasteiger partial charge < -0.3 is 9.84 Å². The molecule has 5 heteroatoms. The number of rotatable bonds is 3. The average molecular weight is 257 g/mol. The number of esters is 1. The van der Waals surface area contributed by atoms with Crippen LogP contribution in [0, 0.1) is 0 Å². The Bertz CT molecular complexity index is 637. The zero-order chi connectivity index (χ0) is 13.8. The van der Waals surface area contributed by atoms with Crippen LogP contribution >= 0.6 is 0 Å². The molecule has 0 aliphatic rings. The second-order valence-electron chi connectivity index (χ2n) is 3.84. The van der Waals surface area contributed by atoms with Gasteiger partial charge in [0.15, 0.2) is 0 Å². The Balaban J connectivity index is 2.44. The summed E-state index contributed by atoms with van der Waals surface area (Å²) >= 11 is 0. The minimum absolute atomic E-state index is 0.0981. The highest BCUT2D eigenvalue weighted by atomic mass is 16.5. The number of carbonyl (C=O) groups excluding carboxylic acids is 1. The van der Waals surface area contributed by atoms with E-state index >= 15 is 0 Å². The third-order valence-electron chi connectivity index (χ3n) is 2.60. The zero-order valence-electron chi connectivity index (χ0n) is 10.2. The first-order valence-corrected chi connectivity index (χ1v) is 5.49. The van der Waals surface area contributed by atoms with E-state index in [4.69, 9.17) is 5.11 Å². The van der Waals surface area contributed by atoms with E-state index in [0.29, 0.717) is 16.7 Å². The summed E-state index contributed by atoms with van der Waals surface area (Å²) in [6.07, 6.45) is 2.82. The normalized spacial score (nSPS) is 9.95. The number of pyridine rings is 1. The third kappa shape index (κ3) is 2.77. The van der Waals surface area contributed by atoms with Crippen LogP contribution in [0.1, 0.15) is 20.7 Å². The maximum absolute atomic E-state index is 11.4. The number of carboxylic acids is 1. The van der Waals surface area contributed by atoms with Crippen LogP contribution in [0.2, 0.25) is 0 Å². The topological polar surface area (TPSA) is 76.5 Å². The summed E-state index contributed by atoms with van der Waals surface area (Å²) in [7, 11) is 1.31. The highest BCUT2D eigenvalue weighted by Gasteiger charge is 2.09. The monoisotopic (exact) mass is 257 g/mol. The third-order valence-corrected chi connectivity index (χ3v) is 2.60. The fraction of sp³-hybridized carbons (Fsp3) is 0.0714. The van der Waals surface area contributed by atoms with E-state index in [0.717, 1.165) is 0 Å². The van der Waals surface area contributed by atoms with Crippen molar-refractivity contribution in [3.8, 4) is 11.1 Å². The summed E-state index contributed by atoms with van der Waals surface area (Å²) in [5.74, 6) is -1.48. The Labute approximate surface area is 109 Å². The number of hydrogen-bond acceptors (Lipinski definition) is 4. The van der Waals surface area contributed by atoms with Gasteiger partial charge in [0, 0.05) is 18.0 Å². The van der Waals surface area contributed by atoms with Crippen molar-refractivity contribution < 1.29 is 19.4 Å². The summed E-state index contributed by atoms with van der Waals surface area (Å²) in [4.78, 5) is 26.2. The smallest absolute Gasteiger partial charge is 0.337 e. The van der Waals surface area contributed by atoms with Crippen LogP contribution in [0.3, 0.4) is 0 Å². The number of ether oxygens (including phenoxy) is 1. The molecule has 1 N–H and O–H groups in total. The van der Waals surface area contributed by atoms with Gasteiger partial charge in [-0.05, 0) is 23.8 Å². The molecular weight excluding hydrogens is 246 g/mol. The largest absolute Gasteiger partial charge is 0.478 e. The van der Waals surface area contributed by atoms with E-state index < -0.39 is 11.9 Å². The second-order valence-corrected chi connectivity index (χ2v) is 3.84. The number of carboxylic acid groups (broad SMARTS) is 1. The summed E-state index contributed by atoms with van der Waals surface area (Å²) in [6.45, 7) is 0. The summed E-state index contributed by atoms with van der Waals surface area (Å²) in [5, 5.41) is 8.92. The van der Waals surface area contributed by atoms with E-state index in [2.05, 4.69) is 9.72 Å². The van der Waals surface area contributed by atoms with Crippen LogP contribution in [0.25, 0.3) is 11.1 Å². The highest BCUT2D eigenvalue weighted by molar-refractivity contribution is 5.92. The van der Waals surface area contributed by atoms with Gasteiger partial charge in [-0.2, -0.15) is 0 Å². The van der Waals surface area contributed by atoms with Crippen molar-refractivity contribution in [2.75, 3.05) is 7.11 Å². The van der Waals surface area contributed by atoms with Gasteiger partial charge in [-0.1, -0.05) is 12.1 Å². The highest BCUT2D eigenvalue weighted by Crippen LogP contribution is 2.21. The van der Waals surface area contributed by atoms with Gasteiger partial charge in [0.25, 0.3) is 0 Å². The lowest BCUT2D eigenvalue weighted by Gasteiger charge is -2.05. The van der Waals surface area contributed by atoms with Gasteiger partial charge in [0.05, 0.1) is 18.2 Å². The number of methoxy groups -OCH3 is 1. The molecule has 96 valence electrons. The second kappa shape index (κ2) is 5.30. The molecule has 2 rings (SSSR count). The number of hydrogen-bond donors (Lipinski definition) is 1. The molecule has 0 aliphatic heterocycles. The van der Waals surface area contributed by atoms with Gasteiger partial charge in [-0.15, -0.1) is 0 Å². The maximum Gasteiger partial charge on any atom is 0.337 e. The van der Waals surface area contributed by atoms with Gasteiger partial charge in [0.1, 0.15) is 0 Å². The number of nitrogens with zero attached hydrogens (tertiary/aromatic N) is 1. The summed E-state index contributed by atoms with van der Waals surface area (Å²) in [5.41, 5.74) is 1.84. The number of aromatic carboxylic acids is 1. The number of benzene rings is 1. The molecule has 2 aromatic rings. The Kier molecular flexibility index (Phi) is 3.56. The first-order valence-electron chi connectivity index (χ1n) is 5.49. The zero-order valence-corrected chi connectivity index (χ0v) is 10.2. The lowest BCUT2D eigenvalue weighted by atomic mass is 10.0. The van der Waals surface area contributed by atoms with E-state index in [9.17, 15) is 9.59 Å². The molecule has 0 radical (unpaired) electrons. The lowest BCUT2D eigenvalue weighted by Crippen LogP contribution is -2.01. The van der Waals surface area contributed by atoms with Gasteiger partial charge in [0.2, 0.25) is 0 Å². The van der Waals surface area contributed by atoms with Crippen molar-refractivity contribution in [3.05, 3.63) is 53.9 Å². The minimum Gasteiger partial charge on any atom is -0.478 e. The predicted molar refractivity (Wildman–Crippen MR) is 68.0 cm³/mol. The Morgan fingerprint density at radius 3 is 2.53 bits per heavy atom. The summed E-state index contributed by atoms with van der Waals surface area (Å²) < 4.78 is 4.64. The molecular formula is C14H11NO4. The minimum atomic E-state index is -1.04. The van der Waals surface area contributed by atoms with Gasteiger partial charge in [-0.25, -0.2) is 9.59 Å². The van der Waals surface area contributed by atoms with Crippen molar-refractivity contribution in [1.29, 1.82) is 0 Å². The fourth-order valence-corrected chi connectivity index (χ4v) is 1.66. The van der Waals surface area contributed by atoms with Gasteiger partial charge in [-0.3, -0.25) is 4.98 Å². The molecule has 0 bridgehead atoms. The molecule has 0 amide bonds. The number of aromatic nitrogens is 1. The molecule has 0 atom stereocenters. The molecule has 0 saturated carbocycles.